The van der Waals surface area contributed by atoms with Crippen LogP contribution in [0.5, 0.6) is 0 Å². The number of aromatic nitrogens is 1. The maximum absolute atomic E-state index is 12.1. The second kappa shape index (κ2) is 6.37. The molecule has 130 valence electrons. The molecular formula is C19H20N2O3S. The predicted octanol–water partition coefficient (Wildman–Crippen LogP) is 3.79. The Bertz CT molecular complexity index is 1010. The summed E-state index contributed by atoms with van der Waals surface area (Å²) in [6.45, 7) is 1.86. The molecule has 25 heavy (non-hydrogen) atoms. The van der Waals surface area contributed by atoms with Gasteiger partial charge in [0, 0.05) is 25.9 Å². The number of rotatable bonds is 4. The molecule has 0 saturated carbocycles. The van der Waals surface area contributed by atoms with Crippen molar-refractivity contribution in [3.05, 3.63) is 54.3 Å². The molecule has 0 unspecified atom stereocenters. The first-order valence-electron chi connectivity index (χ1n) is 7.82. The van der Waals surface area contributed by atoms with Crippen LogP contribution < -0.4 is 4.90 Å². The Labute approximate surface area is 147 Å². The Morgan fingerprint density at radius 2 is 1.68 bits per heavy atom. The van der Waals surface area contributed by atoms with Gasteiger partial charge in [0.2, 0.25) is 0 Å². The van der Waals surface area contributed by atoms with Crippen molar-refractivity contribution < 1.29 is 12.9 Å². The minimum Gasteiger partial charge on any atom is -0.377 e. The number of nitrogens with zero attached hydrogens (tertiary/aromatic N) is 2. The molecular weight excluding hydrogens is 336 g/mol. The third-order valence-corrected chi connectivity index (χ3v) is 5.18. The molecule has 0 amide bonds. The lowest BCUT2D eigenvalue weighted by atomic mass is 9.99. The molecule has 3 rings (SSSR count). The van der Waals surface area contributed by atoms with E-state index in [1.165, 1.54) is 6.26 Å². The molecule has 0 spiro atoms. The fourth-order valence-electron chi connectivity index (χ4n) is 2.84. The average Bonchev–Trinajstić information content (AvgIpc) is 2.96. The van der Waals surface area contributed by atoms with Crippen molar-refractivity contribution in [1.29, 1.82) is 0 Å². The van der Waals surface area contributed by atoms with Crippen LogP contribution in [-0.4, -0.2) is 33.9 Å². The molecule has 5 nitrogen and oxygen atoms in total. The van der Waals surface area contributed by atoms with Gasteiger partial charge in [0.25, 0.3) is 0 Å². The van der Waals surface area contributed by atoms with Gasteiger partial charge in [0.1, 0.15) is 11.5 Å². The molecule has 1 heterocycles. The largest absolute Gasteiger partial charge is 0.377 e. The van der Waals surface area contributed by atoms with E-state index in [-0.39, 0.29) is 0 Å². The molecule has 6 heteroatoms. The number of aryl methyl sites for hydroxylation is 1. The molecule has 1 aromatic heterocycles. The van der Waals surface area contributed by atoms with Gasteiger partial charge in [0.15, 0.2) is 9.84 Å². The van der Waals surface area contributed by atoms with Crippen molar-refractivity contribution in [3.63, 3.8) is 0 Å². The lowest BCUT2D eigenvalue weighted by Gasteiger charge is -2.18. The minimum absolute atomic E-state index is 0.302. The van der Waals surface area contributed by atoms with Crippen molar-refractivity contribution in [3.8, 4) is 22.4 Å². The van der Waals surface area contributed by atoms with Crippen LogP contribution in [0.4, 0.5) is 5.69 Å². The summed E-state index contributed by atoms with van der Waals surface area (Å²) in [6.07, 6.45) is 1.22. The van der Waals surface area contributed by atoms with Crippen molar-refractivity contribution >= 4 is 15.5 Å². The summed E-state index contributed by atoms with van der Waals surface area (Å²) in [5.41, 5.74) is 4.07. The third-order valence-electron chi connectivity index (χ3n) is 4.04. The van der Waals surface area contributed by atoms with Crippen molar-refractivity contribution in [2.75, 3.05) is 25.3 Å². The van der Waals surface area contributed by atoms with E-state index in [9.17, 15) is 8.42 Å². The van der Waals surface area contributed by atoms with E-state index in [1.54, 1.807) is 17.0 Å². The van der Waals surface area contributed by atoms with Gasteiger partial charge >= 0.3 is 0 Å². The van der Waals surface area contributed by atoms with Gasteiger partial charge in [-0.05, 0) is 24.6 Å². The maximum atomic E-state index is 12.1. The zero-order chi connectivity index (χ0) is 18.2. The number of anilines is 1. The number of hydrogen-bond donors (Lipinski definition) is 0. The van der Waals surface area contributed by atoms with Gasteiger partial charge in [-0.15, -0.1) is 0 Å². The Morgan fingerprint density at radius 1 is 1.00 bits per heavy atom. The van der Waals surface area contributed by atoms with Gasteiger partial charge < -0.3 is 9.42 Å². The van der Waals surface area contributed by atoms with E-state index in [1.807, 2.05) is 57.4 Å². The molecule has 0 bridgehead atoms. The lowest BCUT2D eigenvalue weighted by Crippen LogP contribution is -2.13. The summed E-state index contributed by atoms with van der Waals surface area (Å²) in [4.78, 5) is 2.10. The first-order chi connectivity index (χ1) is 11.8. The summed E-state index contributed by atoms with van der Waals surface area (Å²) in [6, 6.07) is 15.1. The van der Waals surface area contributed by atoms with Gasteiger partial charge in [0.05, 0.1) is 16.1 Å². The maximum Gasteiger partial charge on any atom is 0.177 e. The van der Waals surface area contributed by atoms with E-state index < -0.39 is 9.84 Å². The van der Waals surface area contributed by atoms with Gasteiger partial charge in [-0.1, -0.05) is 41.6 Å². The van der Waals surface area contributed by atoms with Crippen LogP contribution in [0, 0.1) is 6.92 Å². The molecule has 0 aliphatic carbocycles. The SMILES string of the molecule is Cc1onc(-c2ccccc2)c1-c1ccc(S(C)(=O)=O)c(N(C)C)c1. The Hall–Kier alpha value is -2.60. The van der Waals surface area contributed by atoms with Crippen molar-refractivity contribution in [1.82, 2.24) is 5.16 Å². The standard InChI is InChI=1S/C19H20N2O3S/c1-13-18(19(20-24-13)14-8-6-5-7-9-14)15-10-11-17(25(4,22)23)16(12-15)21(2)3/h5-12H,1-4H3. The minimum atomic E-state index is -3.32. The number of hydrogen-bond acceptors (Lipinski definition) is 5. The third kappa shape index (κ3) is 3.30. The molecule has 2 aromatic carbocycles. The molecule has 0 aliphatic rings. The van der Waals surface area contributed by atoms with Crippen LogP contribution in [0.1, 0.15) is 5.76 Å². The molecule has 0 saturated heterocycles. The smallest absolute Gasteiger partial charge is 0.177 e. The van der Waals surface area contributed by atoms with Crippen molar-refractivity contribution in [2.45, 2.75) is 11.8 Å². The Kier molecular flexibility index (Phi) is 4.39. The van der Waals surface area contributed by atoms with Gasteiger partial charge in [-0.3, -0.25) is 0 Å². The highest BCUT2D eigenvalue weighted by Gasteiger charge is 2.20. The molecule has 0 N–H and O–H groups in total. The molecule has 0 fully saturated rings. The van der Waals surface area contributed by atoms with E-state index in [4.69, 9.17) is 4.52 Å². The summed E-state index contributed by atoms with van der Waals surface area (Å²) >= 11 is 0. The second-order valence-corrected chi connectivity index (χ2v) is 8.16. The summed E-state index contributed by atoms with van der Waals surface area (Å²) < 4.78 is 29.5. The van der Waals surface area contributed by atoms with Crippen molar-refractivity contribution in [2.24, 2.45) is 0 Å². The van der Waals surface area contributed by atoms with Gasteiger partial charge in [-0.2, -0.15) is 0 Å². The number of benzene rings is 2. The monoisotopic (exact) mass is 356 g/mol. The molecule has 3 aromatic rings. The topological polar surface area (TPSA) is 63.4 Å². The zero-order valence-electron chi connectivity index (χ0n) is 14.6. The van der Waals surface area contributed by atoms with Crippen LogP contribution >= 0.6 is 0 Å². The van der Waals surface area contributed by atoms with E-state index in [0.717, 1.165) is 22.4 Å². The first kappa shape index (κ1) is 17.2. The zero-order valence-corrected chi connectivity index (χ0v) is 15.5. The van der Waals surface area contributed by atoms with E-state index in [0.29, 0.717) is 16.3 Å². The summed E-state index contributed by atoms with van der Waals surface area (Å²) in [5.74, 6) is 0.690. The Morgan fingerprint density at radius 3 is 2.28 bits per heavy atom. The highest BCUT2D eigenvalue weighted by molar-refractivity contribution is 7.90. The normalized spacial score (nSPS) is 11.5. The van der Waals surface area contributed by atoms with E-state index in [2.05, 4.69) is 5.16 Å². The van der Waals surface area contributed by atoms with Crippen LogP contribution in [0.15, 0.2) is 57.9 Å². The van der Waals surface area contributed by atoms with Crippen LogP contribution in [-0.2, 0) is 9.84 Å². The summed E-state index contributed by atoms with van der Waals surface area (Å²) in [7, 11) is 0.334. The average molecular weight is 356 g/mol. The van der Waals surface area contributed by atoms with Crippen LogP contribution in [0.2, 0.25) is 0 Å². The Balaban J connectivity index is 2.22. The first-order valence-corrected chi connectivity index (χ1v) is 9.71. The highest BCUT2D eigenvalue weighted by Crippen LogP contribution is 2.37. The second-order valence-electron chi connectivity index (χ2n) is 6.18. The van der Waals surface area contributed by atoms with Crippen LogP contribution in [0.25, 0.3) is 22.4 Å². The van der Waals surface area contributed by atoms with E-state index >= 15 is 0 Å². The lowest BCUT2D eigenvalue weighted by molar-refractivity contribution is 0.400. The molecule has 0 aliphatic heterocycles. The summed E-state index contributed by atoms with van der Waals surface area (Å²) in [5, 5.41) is 4.20. The number of sulfone groups is 1. The quantitative estimate of drug-likeness (QED) is 0.712. The molecule has 0 atom stereocenters. The highest BCUT2D eigenvalue weighted by atomic mass is 32.2. The predicted molar refractivity (Wildman–Crippen MR) is 99.5 cm³/mol. The molecule has 0 radical (unpaired) electrons. The van der Waals surface area contributed by atoms with Crippen LogP contribution in [0.3, 0.4) is 0 Å². The fourth-order valence-corrected chi connectivity index (χ4v) is 3.78. The van der Waals surface area contributed by atoms with Gasteiger partial charge in [-0.25, -0.2) is 8.42 Å². The fraction of sp³-hybridized carbons (Fsp3) is 0.211.